The summed E-state index contributed by atoms with van der Waals surface area (Å²) in [5.41, 5.74) is 1.92. The second-order valence-electron chi connectivity index (χ2n) is 6.11. The van der Waals surface area contributed by atoms with Gasteiger partial charge in [0.2, 0.25) is 0 Å². The van der Waals surface area contributed by atoms with Crippen molar-refractivity contribution >= 4 is 11.6 Å². The number of carbonyl (C=O) groups excluding carboxylic acids is 1. The minimum atomic E-state index is -0.556. The van der Waals surface area contributed by atoms with Crippen molar-refractivity contribution in [1.29, 1.82) is 0 Å². The smallest absolute Gasteiger partial charge is 0.270 e. The molecule has 0 fully saturated rings. The molecule has 3 rings (SSSR count). The molecular formula is C22H20N2O5. The molecule has 1 amide bonds. The zero-order chi connectivity index (χ0) is 20.6. The summed E-state index contributed by atoms with van der Waals surface area (Å²) in [5.74, 6) is 0.509. The predicted octanol–water partition coefficient (Wildman–Crippen LogP) is 4.08. The largest absolute Gasteiger partial charge is 0.496 e. The molecule has 7 nitrogen and oxygen atoms in total. The van der Waals surface area contributed by atoms with E-state index in [0.29, 0.717) is 5.75 Å². The molecule has 0 atom stereocenters. The molecule has 0 heterocycles. The second kappa shape index (κ2) is 9.36. The molecular weight excluding hydrogens is 372 g/mol. The molecule has 7 heteroatoms. The number of nitrogens with zero attached hydrogens (tertiary/aromatic N) is 1. The van der Waals surface area contributed by atoms with Crippen LogP contribution in [-0.4, -0.2) is 31.1 Å². The number of nitrogens with one attached hydrogen (secondary N) is 1. The Morgan fingerprint density at radius 3 is 2.45 bits per heavy atom. The van der Waals surface area contributed by atoms with Gasteiger partial charge in [-0.3, -0.25) is 14.9 Å². The average Bonchev–Trinajstić information content (AvgIpc) is 2.77. The number of amides is 1. The molecule has 0 aromatic heterocycles. The normalized spacial score (nSPS) is 10.2. The van der Waals surface area contributed by atoms with Crippen molar-refractivity contribution in [3.63, 3.8) is 0 Å². The Labute approximate surface area is 168 Å². The minimum absolute atomic E-state index is 0.103. The molecule has 29 heavy (non-hydrogen) atoms. The summed E-state index contributed by atoms with van der Waals surface area (Å²) in [6, 6.07) is 21.4. The minimum Gasteiger partial charge on any atom is -0.496 e. The highest BCUT2D eigenvalue weighted by Gasteiger charge is 2.17. The lowest BCUT2D eigenvalue weighted by molar-refractivity contribution is -0.384. The van der Waals surface area contributed by atoms with Crippen LogP contribution in [0.25, 0.3) is 11.1 Å². The van der Waals surface area contributed by atoms with Crippen LogP contribution in [0.4, 0.5) is 5.69 Å². The van der Waals surface area contributed by atoms with Gasteiger partial charge in [0.15, 0.2) is 0 Å². The maximum atomic E-state index is 12.4. The van der Waals surface area contributed by atoms with Crippen molar-refractivity contribution in [3.8, 4) is 22.6 Å². The van der Waals surface area contributed by atoms with Gasteiger partial charge in [0.1, 0.15) is 18.1 Å². The highest BCUT2D eigenvalue weighted by atomic mass is 16.6. The number of rotatable bonds is 8. The van der Waals surface area contributed by atoms with Crippen molar-refractivity contribution in [2.24, 2.45) is 0 Å². The molecule has 0 saturated heterocycles. The first-order valence-electron chi connectivity index (χ1n) is 8.98. The van der Waals surface area contributed by atoms with Gasteiger partial charge in [0, 0.05) is 17.7 Å². The van der Waals surface area contributed by atoms with Gasteiger partial charge < -0.3 is 14.8 Å². The number of hydrogen-bond acceptors (Lipinski definition) is 5. The molecule has 3 aromatic rings. The summed E-state index contributed by atoms with van der Waals surface area (Å²) in [7, 11) is 1.40. The van der Waals surface area contributed by atoms with Gasteiger partial charge >= 0.3 is 0 Å². The van der Waals surface area contributed by atoms with Crippen LogP contribution in [0.2, 0.25) is 0 Å². The third kappa shape index (κ3) is 4.90. The van der Waals surface area contributed by atoms with E-state index in [2.05, 4.69) is 5.32 Å². The number of benzene rings is 3. The highest BCUT2D eigenvalue weighted by molar-refractivity contribution is 5.97. The third-order valence-corrected chi connectivity index (χ3v) is 4.26. The Balaban J connectivity index is 1.63. The van der Waals surface area contributed by atoms with E-state index in [1.807, 2.05) is 54.6 Å². The lowest BCUT2D eigenvalue weighted by atomic mass is 10.1. The number of ether oxygens (including phenoxy) is 2. The van der Waals surface area contributed by atoms with Crippen LogP contribution < -0.4 is 14.8 Å². The summed E-state index contributed by atoms with van der Waals surface area (Å²) >= 11 is 0. The van der Waals surface area contributed by atoms with Gasteiger partial charge in [-0.2, -0.15) is 0 Å². The zero-order valence-electron chi connectivity index (χ0n) is 15.8. The summed E-state index contributed by atoms with van der Waals surface area (Å²) in [6.45, 7) is 0.473. The summed E-state index contributed by atoms with van der Waals surface area (Å²) in [6.07, 6.45) is 0. The summed E-state index contributed by atoms with van der Waals surface area (Å²) < 4.78 is 11.0. The van der Waals surface area contributed by atoms with Crippen molar-refractivity contribution in [1.82, 2.24) is 5.32 Å². The Bertz CT molecular complexity index is 1010. The number of para-hydroxylation sites is 1. The van der Waals surface area contributed by atoms with Gasteiger partial charge in [0.05, 0.1) is 24.1 Å². The van der Waals surface area contributed by atoms with Gasteiger partial charge in [-0.05, 0) is 17.7 Å². The number of non-ortho nitro benzene ring substituents is 1. The fraction of sp³-hybridized carbons (Fsp3) is 0.136. The Morgan fingerprint density at radius 1 is 1.00 bits per heavy atom. The number of nitro groups is 1. The fourth-order valence-corrected chi connectivity index (χ4v) is 2.86. The van der Waals surface area contributed by atoms with Crippen LogP contribution in [0.1, 0.15) is 10.4 Å². The Morgan fingerprint density at radius 2 is 1.72 bits per heavy atom. The highest BCUT2D eigenvalue weighted by Crippen LogP contribution is 2.29. The van der Waals surface area contributed by atoms with E-state index >= 15 is 0 Å². The molecule has 0 unspecified atom stereocenters. The van der Waals surface area contributed by atoms with Crippen molar-refractivity contribution in [3.05, 3.63) is 88.5 Å². The van der Waals surface area contributed by atoms with E-state index in [0.717, 1.165) is 11.1 Å². The topological polar surface area (TPSA) is 90.7 Å². The second-order valence-corrected chi connectivity index (χ2v) is 6.11. The monoisotopic (exact) mass is 392 g/mol. The van der Waals surface area contributed by atoms with E-state index in [-0.39, 0.29) is 30.2 Å². The first kappa shape index (κ1) is 19.9. The molecule has 3 aromatic carbocycles. The first-order valence-corrected chi connectivity index (χ1v) is 8.98. The molecule has 0 bridgehead atoms. The number of nitro benzene ring substituents is 1. The quantitative estimate of drug-likeness (QED) is 0.354. The number of hydrogen-bond donors (Lipinski definition) is 1. The zero-order valence-corrected chi connectivity index (χ0v) is 15.8. The van der Waals surface area contributed by atoms with Gasteiger partial charge in [-0.25, -0.2) is 0 Å². The molecule has 0 aliphatic heterocycles. The van der Waals surface area contributed by atoms with Crippen LogP contribution in [0.5, 0.6) is 11.5 Å². The first-order chi connectivity index (χ1) is 14.1. The molecule has 0 spiro atoms. The SMILES string of the molecule is COc1ccc([N+](=O)[O-])cc1C(=O)NCCOc1ccccc1-c1ccccc1. The van der Waals surface area contributed by atoms with E-state index in [9.17, 15) is 14.9 Å². The van der Waals surface area contributed by atoms with E-state index in [1.54, 1.807) is 0 Å². The predicted molar refractivity (Wildman–Crippen MR) is 109 cm³/mol. The summed E-state index contributed by atoms with van der Waals surface area (Å²) in [4.78, 5) is 22.8. The van der Waals surface area contributed by atoms with E-state index in [4.69, 9.17) is 9.47 Å². The standard InChI is InChI=1S/C22H20N2O5/c1-28-20-12-11-17(24(26)27)15-19(20)22(25)23-13-14-29-21-10-6-5-9-18(21)16-7-3-2-4-8-16/h2-12,15H,13-14H2,1H3,(H,23,25). The van der Waals surface area contributed by atoms with Crippen LogP contribution >= 0.6 is 0 Å². The van der Waals surface area contributed by atoms with Crippen molar-refractivity contribution in [2.45, 2.75) is 0 Å². The number of methoxy groups -OCH3 is 1. The third-order valence-electron chi connectivity index (χ3n) is 4.26. The Hall–Kier alpha value is -3.87. The number of carbonyl (C=O) groups is 1. The van der Waals surface area contributed by atoms with Crippen LogP contribution in [-0.2, 0) is 0 Å². The summed E-state index contributed by atoms with van der Waals surface area (Å²) in [5, 5.41) is 13.7. The van der Waals surface area contributed by atoms with Gasteiger partial charge in [-0.1, -0.05) is 48.5 Å². The van der Waals surface area contributed by atoms with Crippen molar-refractivity contribution < 1.29 is 19.2 Å². The van der Waals surface area contributed by atoms with E-state index < -0.39 is 10.8 Å². The average molecular weight is 392 g/mol. The molecule has 1 N–H and O–H groups in total. The van der Waals surface area contributed by atoms with Crippen LogP contribution in [0.3, 0.4) is 0 Å². The molecule has 0 radical (unpaired) electrons. The molecule has 148 valence electrons. The molecule has 0 aliphatic rings. The van der Waals surface area contributed by atoms with Crippen LogP contribution in [0, 0.1) is 10.1 Å². The fourth-order valence-electron chi connectivity index (χ4n) is 2.86. The van der Waals surface area contributed by atoms with Crippen molar-refractivity contribution in [2.75, 3.05) is 20.3 Å². The maximum Gasteiger partial charge on any atom is 0.270 e. The van der Waals surface area contributed by atoms with Crippen LogP contribution in [0.15, 0.2) is 72.8 Å². The lowest BCUT2D eigenvalue weighted by Gasteiger charge is -2.13. The van der Waals surface area contributed by atoms with Gasteiger partial charge in [0.25, 0.3) is 11.6 Å². The maximum absolute atomic E-state index is 12.4. The molecule has 0 aliphatic carbocycles. The molecule has 0 saturated carbocycles. The van der Waals surface area contributed by atoms with E-state index in [1.165, 1.54) is 25.3 Å². The van der Waals surface area contributed by atoms with Gasteiger partial charge in [-0.15, -0.1) is 0 Å². The Kier molecular flexibility index (Phi) is 6.42. The lowest BCUT2D eigenvalue weighted by Crippen LogP contribution is -2.28.